The lowest BCUT2D eigenvalue weighted by Crippen LogP contribution is -2.34. The fourth-order valence-electron chi connectivity index (χ4n) is 1.72. The molecule has 1 aromatic carbocycles. The third-order valence-corrected chi connectivity index (χ3v) is 2.85. The quantitative estimate of drug-likeness (QED) is 0.836. The molecular formula is C12H13F6N. The van der Waals surface area contributed by atoms with E-state index in [0.29, 0.717) is 5.56 Å². The fourth-order valence-corrected chi connectivity index (χ4v) is 1.72. The van der Waals surface area contributed by atoms with Crippen LogP contribution in [0.4, 0.5) is 26.3 Å². The minimum Gasteiger partial charge on any atom is -0.330 e. The van der Waals surface area contributed by atoms with E-state index in [4.69, 9.17) is 5.73 Å². The fraction of sp³-hybridized carbons (Fsp3) is 0.500. The molecule has 0 amide bonds. The largest absolute Gasteiger partial charge is 0.404 e. The molecule has 0 saturated heterocycles. The summed E-state index contributed by atoms with van der Waals surface area (Å²) in [6.45, 7) is 2.00. The Balaban J connectivity index is 3.12. The summed E-state index contributed by atoms with van der Waals surface area (Å²) in [5.41, 5.74) is 5.17. The summed E-state index contributed by atoms with van der Waals surface area (Å²) in [5.74, 6) is -3.58. The van der Waals surface area contributed by atoms with Crippen LogP contribution in [-0.2, 0) is 0 Å². The molecule has 1 atom stereocenters. The van der Waals surface area contributed by atoms with E-state index in [0.717, 1.165) is 12.1 Å². The van der Waals surface area contributed by atoms with Crippen LogP contribution in [0.15, 0.2) is 24.3 Å². The first-order valence-electron chi connectivity index (χ1n) is 5.50. The number of nitrogens with two attached hydrogens (primary N) is 1. The van der Waals surface area contributed by atoms with Gasteiger partial charge in [-0.2, -0.15) is 26.3 Å². The number of rotatable bonds is 3. The van der Waals surface area contributed by atoms with Crippen molar-refractivity contribution in [2.75, 3.05) is 6.54 Å². The van der Waals surface area contributed by atoms with Gasteiger partial charge in [0, 0.05) is 0 Å². The molecule has 0 aliphatic rings. The Bertz CT molecular complexity index is 392. The minimum absolute atomic E-state index is 0.121. The zero-order valence-corrected chi connectivity index (χ0v) is 10.0. The molecule has 1 aromatic rings. The lowest BCUT2D eigenvalue weighted by molar-refractivity contribution is -0.253. The molecule has 108 valence electrons. The second kappa shape index (κ2) is 5.40. The highest BCUT2D eigenvalue weighted by Gasteiger charge is 2.57. The van der Waals surface area contributed by atoms with E-state index in [1.165, 1.54) is 12.1 Å². The lowest BCUT2D eigenvalue weighted by Gasteiger charge is -2.23. The highest BCUT2D eigenvalue weighted by molar-refractivity contribution is 5.29. The van der Waals surface area contributed by atoms with Gasteiger partial charge < -0.3 is 5.73 Å². The van der Waals surface area contributed by atoms with Gasteiger partial charge in [-0.3, -0.25) is 0 Å². The Labute approximate surface area is 106 Å². The molecule has 1 rings (SSSR count). The van der Waals surface area contributed by atoms with Crippen LogP contribution in [0.1, 0.15) is 29.9 Å². The first-order chi connectivity index (χ1) is 8.57. The van der Waals surface area contributed by atoms with Gasteiger partial charge in [-0.1, -0.05) is 31.2 Å². The van der Waals surface area contributed by atoms with E-state index in [9.17, 15) is 26.3 Å². The molecule has 0 aliphatic heterocycles. The molecule has 0 fully saturated rings. The molecule has 1 unspecified atom stereocenters. The van der Waals surface area contributed by atoms with Gasteiger partial charge in [0.2, 0.25) is 0 Å². The molecule has 0 aromatic heterocycles. The normalized spacial score (nSPS) is 14.8. The average molecular weight is 285 g/mol. The summed E-state index contributed by atoms with van der Waals surface area (Å²) < 4.78 is 74.9. The van der Waals surface area contributed by atoms with E-state index in [1.807, 2.05) is 0 Å². The summed E-state index contributed by atoms with van der Waals surface area (Å²) in [7, 11) is 0. The zero-order valence-electron chi connectivity index (χ0n) is 10.0. The summed E-state index contributed by atoms with van der Waals surface area (Å²) in [6.07, 6.45) is -10.7. The smallest absolute Gasteiger partial charge is 0.330 e. The number of alkyl halides is 6. The molecule has 0 aliphatic carbocycles. The molecule has 0 radical (unpaired) electrons. The predicted octanol–water partition coefficient (Wildman–Crippen LogP) is 3.96. The summed E-state index contributed by atoms with van der Waals surface area (Å²) in [5, 5.41) is 0. The van der Waals surface area contributed by atoms with E-state index < -0.39 is 23.8 Å². The summed E-state index contributed by atoms with van der Waals surface area (Å²) >= 11 is 0. The maximum absolute atomic E-state index is 12.5. The van der Waals surface area contributed by atoms with Gasteiger partial charge in [0.1, 0.15) is 0 Å². The van der Waals surface area contributed by atoms with Crippen LogP contribution in [0.25, 0.3) is 0 Å². The first kappa shape index (κ1) is 15.8. The Kier molecular flexibility index (Phi) is 4.50. The second-order valence-electron chi connectivity index (χ2n) is 4.32. The molecule has 2 N–H and O–H groups in total. The first-order valence-corrected chi connectivity index (χ1v) is 5.50. The number of hydrogen-bond donors (Lipinski definition) is 1. The molecule has 0 spiro atoms. The van der Waals surface area contributed by atoms with Crippen molar-refractivity contribution >= 4 is 0 Å². The van der Waals surface area contributed by atoms with E-state index in [1.54, 1.807) is 6.92 Å². The monoisotopic (exact) mass is 285 g/mol. The van der Waals surface area contributed by atoms with E-state index in [-0.39, 0.29) is 12.5 Å². The Morgan fingerprint density at radius 3 is 1.58 bits per heavy atom. The van der Waals surface area contributed by atoms with Crippen molar-refractivity contribution in [3.05, 3.63) is 35.4 Å². The van der Waals surface area contributed by atoms with Crippen molar-refractivity contribution in [3.8, 4) is 0 Å². The highest BCUT2D eigenvalue weighted by atomic mass is 19.4. The zero-order chi connectivity index (χ0) is 14.8. The lowest BCUT2D eigenvalue weighted by atomic mass is 9.94. The van der Waals surface area contributed by atoms with Gasteiger partial charge in [-0.15, -0.1) is 0 Å². The third-order valence-electron chi connectivity index (χ3n) is 2.85. The van der Waals surface area contributed by atoms with Crippen molar-refractivity contribution in [2.24, 2.45) is 5.73 Å². The van der Waals surface area contributed by atoms with Crippen molar-refractivity contribution in [2.45, 2.75) is 31.1 Å². The number of hydrogen-bond acceptors (Lipinski definition) is 1. The molecular weight excluding hydrogens is 272 g/mol. The molecule has 7 heteroatoms. The average Bonchev–Trinajstić information content (AvgIpc) is 2.25. The Morgan fingerprint density at radius 2 is 1.26 bits per heavy atom. The van der Waals surface area contributed by atoms with Crippen LogP contribution in [0.3, 0.4) is 0 Å². The maximum Gasteiger partial charge on any atom is 0.404 e. The van der Waals surface area contributed by atoms with E-state index in [2.05, 4.69) is 0 Å². The van der Waals surface area contributed by atoms with Crippen molar-refractivity contribution < 1.29 is 26.3 Å². The van der Waals surface area contributed by atoms with Crippen LogP contribution in [0.2, 0.25) is 0 Å². The van der Waals surface area contributed by atoms with Crippen LogP contribution >= 0.6 is 0 Å². The molecule has 0 bridgehead atoms. The van der Waals surface area contributed by atoms with Gasteiger partial charge in [0.15, 0.2) is 5.92 Å². The van der Waals surface area contributed by atoms with Crippen molar-refractivity contribution in [1.29, 1.82) is 0 Å². The van der Waals surface area contributed by atoms with E-state index >= 15 is 0 Å². The van der Waals surface area contributed by atoms with Gasteiger partial charge >= 0.3 is 12.4 Å². The maximum atomic E-state index is 12.5. The highest BCUT2D eigenvalue weighted by Crippen LogP contribution is 2.46. The van der Waals surface area contributed by atoms with Gasteiger partial charge in [-0.05, 0) is 23.6 Å². The molecule has 0 heterocycles. The van der Waals surface area contributed by atoms with Crippen LogP contribution in [-0.4, -0.2) is 18.9 Å². The van der Waals surface area contributed by atoms with Crippen molar-refractivity contribution in [3.63, 3.8) is 0 Å². The van der Waals surface area contributed by atoms with Crippen LogP contribution in [0, 0.1) is 0 Å². The molecule has 0 saturated carbocycles. The summed E-state index contributed by atoms with van der Waals surface area (Å²) in [4.78, 5) is 0. The van der Waals surface area contributed by atoms with Gasteiger partial charge in [0.05, 0.1) is 0 Å². The molecule has 19 heavy (non-hydrogen) atoms. The Hall–Kier alpha value is -1.24. The van der Waals surface area contributed by atoms with Gasteiger partial charge in [-0.25, -0.2) is 0 Å². The standard InChI is InChI=1S/C12H13F6N/c1-7(6-19)8-2-4-9(5-3-8)10(11(13,14)15)12(16,17)18/h2-5,7,10H,6,19H2,1H3. The topological polar surface area (TPSA) is 26.0 Å². The number of benzene rings is 1. The van der Waals surface area contributed by atoms with Crippen LogP contribution < -0.4 is 5.73 Å². The molecule has 1 nitrogen and oxygen atoms in total. The van der Waals surface area contributed by atoms with Gasteiger partial charge in [0.25, 0.3) is 0 Å². The second-order valence-corrected chi connectivity index (χ2v) is 4.32. The third kappa shape index (κ3) is 3.86. The number of halogens is 6. The minimum atomic E-state index is -5.36. The van der Waals surface area contributed by atoms with Crippen LogP contribution in [0.5, 0.6) is 0 Å². The Morgan fingerprint density at radius 1 is 0.895 bits per heavy atom. The van der Waals surface area contributed by atoms with Crippen molar-refractivity contribution in [1.82, 2.24) is 0 Å². The SMILES string of the molecule is CC(CN)c1ccc(C(C(F)(F)F)C(F)(F)F)cc1. The predicted molar refractivity (Wildman–Crippen MR) is 58.8 cm³/mol. The summed E-state index contributed by atoms with van der Waals surface area (Å²) in [6, 6.07) is 4.20.